The van der Waals surface area contributed by atoms with E-state index in [0.29, 0.717) is 17.1 Å². The Morgan fingerprint density at radius 1 is 1.16 bits per heavy atom. The number of rotatable bonds is 8. The summed E-state index contributed by atoms with van der Waals surface area (Å²) in [4.78, 5) is 8.48. The van der Waals surface area contributed by atoms with Crippen molar-refractivity contribution in [3.63, 3.8) is 0 Å². The van der Waals surface area contributed by atoms with Crippen molar-refractivity contribution in [2.45, 2.75) is 71.8 Å². The van der Waals surface area contributed by atoms with Crippen LogP contribution in [0.2, 0.25) is 5.15 Å². The van der Waals surface area contributed by atoms with Gasteiger partial charge in [-0.1, -0.05) is 58.6 Å². The van der Waals surface area contributed by atoms with Crippen molar-refractivity contribution < 1.29 is 0 Å². The molecule has 1 unspecified atom stereocenters. The number of nitrogens with zero attached hydrogens (tertiary/aromatic N) is 2. The van der Waals surface area contributed by atoms with E-state index in [1.54, 1.807) is 6.33 Å². The standard InChI is InChI=1S/C15H26ClN3/c1-5-7-9-12(8-6-2)19-15-13(11(3)4)14(16)17-10-18-15/h10-12H,5-9H2,1-4H3,(H,17,18,19). The summed E-state index contributed by atoms with van der Waals surface area (Å²) in [6.07, 6.45) is 7.54. The van der Waals surface area contributed by atoms with E-state index in [1.807, 2.05) is 0 Å². The summed E-state index contributed by atoms with van der Waals surface area (Å²) in [6.45, 7) is 8.69. The van der Waals surface area contributed by atoms with Crippen LogP contribution in [0.3, 0.4) is 0 Å². The van der Waals surface area contributed by atoms with Crippen LogP contribution in [0.25, 0.3) is 0 Å². The number of hydrogen-bond donors (Lipinski definition) is 1. The third-order valence-electron chi connectivity index (χ3n) is 3.30. The molecule has 1 N–H and O–H groups in total. The Hall–Kier alpha value is -0.830. The van der Waals surface area contributed by atoms with E-state index < -0.39 is 0 Å². The van der Waals surface area contributed by atoms with Gasteiger partial charge in [-0.25, -0.2) is 9.97 Å². The molecular weight excluding hydrogens is 258 g/mol. The van der Waals surface area contributed by atoms with Gasteiger partial charge in [0.1, 0.15) is 17.3 Å². The van der Waals surface area contributed by atoms with Crippen molar-refractivity contribution in [2.24, 2.45) is 0 Å². The smallest absolute Gasteiger partial charge is 0.138 e. The predicted octanol–water partition coefficient (Wildman–Crippen LogP) is 5.02. The molecule has 1 rings (SSSR count). The summed E-state index contributed by atoms with van der Waals surface area (Å²) in [5.74, 6) is 1.23. The third-order valence-corrected chi connectivity index (χ3v) is 3.60. The van der Waals surface area contributed by atoms with E-state index in [-0.39, 0.29) is 0 Å². The van der Waals surface area contributed by atoms with Crippen LogP contribution < -0.4 is 5.32 Å². The monoisotopic (exact) mass is 283 g/mol. The molecule has 0 aromatic carbocycles. The molecule has 0 aliphatic carbocycles. The molecule has 4 heteroatoms. The van der Waals surface area contributed by atoms with Crippen LogP contribution >= 0.6 is 11.6 Å². The quantitative estimate of drug-likeness (QED) is 0.680. The molecule has 19 heavy (non-hydrogen) atoms. The fourth-order valence-corrected chi connectivity index (χ4v) is 2.63. The van der Waals surface area contributed by atoms with Crippen molar-refractivity contribution >= 4 is 17.4 Å². The van der Waals surface area contributed by atoms with Gasteiger partial charge < -0.3 is 5.32 Å². The Balaban J connectivity index is 2.86. The van der Waals surface area contributed by atoms with E-state index in [2.05, 4.69) is 43.0 Å². The average Bonchev–Trinajstić information content (AvgIpc) is 2.35. The summed E-state index contributed by atoms with van der Waals surface area (Å²) < 4.78 is 0. The van der Waals surface area contributed by atoms with Crippen LogP contribution in [-0.4, -0.2) is 16.0 Å². The lowest BCUT2D eigenvalue weighted by molar-refractivity contribution is 0.561. The second kappa shape index (κ2) is 8.36. The minimum atomic E-state index is 0.324. The lowest BCUT2D eigenvalue weighted by atomic mass is 10.0. The van der Waals surface area contributed by atoms with Gasteiger partial charge >= 0.3 is 0 Å². The van der Waals surface area contributed by atoms with Crippen LogP contribution in [0.1, 0.15) is 71.3 Å². The first-order valence-corrected chi connectivity index (χ1v) is 7.74. The van der Waals surface area contributed by atoms with Crippen LogP contribution in [0, 0.1) is 0 Å². The lowest BCUT2D eigenvalue weighted by Crippen LogP contribution is -2.21. The zero-order chi connectivity index (χ0) is 14.3. The van der Waals surface area contributed by atoms with E-state index >= 15 is 0 Å². The molecule has 0 radical (unpaired) electrons. The first-order chi connectivity index (χ1) is 9.10. The van der Waals surface area contributed by atoms with Gasteiger partial charge in [-0.15, -0.1) is 0 Å². The molecule has 0 spiro atoms. The maximum atomic E-state index is 6.20. The minimum absolute atomic E-state index is 0.324. The van der Waals surface area contributed by atoms with E-state index in [4.69, 9.17) is 11.6 Å². The molecule has 1 heterocycles. The first kappa shape index (κ1) is 16.2. The molecule has 0 saturated carbocycles. The third kappa shape index (κ3) is 4.98. The van der Waals surface area contributed by atoms with Crippen molar-refractivity contribution in [2.75, 3.05) is 5.32 Å². The van der Waals surface area contributed by atoms with Gasteiger partial charge in [0.05, 0.1) is 0 Å². The Morgan fingerprint density at radius 3 is 2.47 bits per heavy atom. The van der Waals surface area contributed by atoms with Crippen LogP contribution in [-0.2, 0) is 0 Å². The van der Waals surface area contributed by atoms with Gasteiger partial charge in [-0.3, -0.25) is 0 Å². The highest BCUT2D eigenvalue weighted by Gasteiger charge is 2.16. The highest BCUT2D eigenvalue weighted by Crippen LogP contribution is 2.29. The van der Waals surface area contributed by atoms with Crippen LogP contribution in [0.15, 0.2) is 6.33 Å². The van der Waals surface area contributed by atoms with E-state index in [9.17, 15) is 0 Å². The molecule has 1 aromatic heterocycles. The lowest BCUT2D eigenvalue weighted by Gasteiger charge is -2.21. The van der Waals surface area contributed by atoms with Crippen LogP contribution in [0.4, 0.5) is 5.82 Å². The Kier molecular flexibility index (Phi) is 7.14. The number of aromatic nitrogens is 2. The first-order valence-electron chi connectivity index (χ1n) is 7.37. The number of unbranched alkanes of at least 4 members (excludes halogenated alkanes) is 1. The van der Waals surface area contributed by atoms with Gasteiger partial charge in [-0.2, -0.15) is 0 Å². The molecule has 0 bridgehead atoms. The zero-order valence-electron chi connectivity index (χ0n) is 12.5. The Bertz CT molecular complexity index is 380. The second-order valence-corrected chi connectivity index (χ2v) is 5.71. The van der Waals surface area contributed by atoms with Gasteiger partial charge in [-0.05, 0) is 18.8 Å². The van der Waals surface area contributed by atoms with Crippen LogP contribution in [0.5, 0.6) is 0 Å². The molecule has 0 aliphatic rings. The molecule has 0 amide bonds. The molecule has 3 nitrogen and oxygen atoms in total. The molecule has 0 saturated heterocycles. The molecule has 108 valence electrons. The number of hydrogen-bond acceptors (Lipinski definition) is 3. The van der Waals surface area contributed by atoms with E-state index in [1.165, 1.54) is 32.1 Å². The average molecular weight is 284 g/mol. The van der Waals surface area contributed by atoms with Gasteiger partial charge in [0.2, 0.25) is 0 Å². The van der Waals surface area contributed by atoms with Crippen molar-refractivity contribution in [1.29, 1.82) is 0 Å². The predicted molar refractivity (Wildman–Crippen MR) is 83.0 cm³/mol. The molecule has 1 aromatic rings. The number of anilines is 1. The fourth-order valence-electron chi connectivity index (χ4n) is 2.28. The highest BCUT2D eigenvalue weighted by atomic mass is 35.5. The molecule has 1 atom stereocenters. The molecular formula is C15H26ClN3. The maximum absolute atomic E-state index is 6.20. The zero-order valence-corrected chi connectivity index (χ0v) is 13.3. The van der Waals surface area contributed by atoms with E-state index in [0.717, 1.165) is 11.4 Å². The molecule has 0 fully saturated rings. The summed E-state index contributed by atoms with van der Waals surface area (Å²) in [5, 5.41) is 4.14. The second-order valence-electron chi connectivity index (χ2n) is 5.35. The fraction of sp³-hybridized carbons (Fsp3) is 0.733. The van der Waals surface area contributed by atoms with Gasteiger partial charge in [0.15, 0.2) is 0 Å². The van der Waals surface area contributed by atoms with Crippen molar-refractivity contribution in [3.8, 4) is 0 Å². The maximum Gasteiger partial charge on any atom is 0.138 e. The largest absolute Gasteiger partial charge is 0.367 e. The normalized spacial score (nSPS) is 12.7. The summed E-state index contributed by atoms with van der Waals surface area (Å²) in [6, 6.07) is 0.480. The number of halogens is 1. The Morgan fingerprint density at radius 2 is 1.89 bits per heavy atom. The minimum Gasteiger partial charge on any atom is -0.367 e. The van der Waals surface area contributed by atoms with Gasteiger partial charge in [0.25, 0.3) is 0 Å². The summed E-state index contributed by atoms with van der Waals surface area (Å²) in [5.41, 5.74) is 1.03. The topological polar surface area (TPSA) is 37.8 Å². The summed E-state index contributed by atoms with van der Waals surface area (Å²) in [7, 11) is 0. The van der Waals surface area contributed by atoms with Crippen molar-refractivity contribution in [3.05, 3.63) is 17.0 Å². The van der Waals surface area contributed by atoms with Crippen molar-refractivity contribution in [1.82, 2.24) is 9.97 Å². The summed E-state index contributed by atoms with van der Waals surface area (Å²) >= 11 is 6.20. The molecule has 0 aliphatic heterocycles. The Labute approximate surface area is 122 Å². The number of nitrogens with one attached hydrogen (secondary N) is 1. The SMILES string of the molecule is CCCCC(CCC)Nc1ncnc(Cl)c1C(C)C. The highest BCUT2D eigenvalue weighted by molar-refractivity contribution is 6.30. The van der Waals surface area contributed by atoms with Gasteiger partial charge in [0, 0.05) is 11.6 Å².